The molecule has 0 saturated heterocycles. The Morgan fingerprint density at radius 1 is 1.00 bits per heavy atom. The first-order valence-corrected chi connectivity index (χ1v) is 5.54. The van der Waals surface area contributed by atoms with E-state index >= 15 is 0 Å². The molecule has 90 valence electrons. The second kappa shape index (κ2) is 5.68. The lowest BCUT2D eigenvalue weighted by Crippen LogP contribution is -2.03. The van der Waals surface area contributed by atoms with Gasteiger partial charge in [-0.05, 0) is 35.9 Å². The van der Waals surface area contributed by atoms with Gasteiger partial charge in [-0.3, -0.25) is 0 Å². The highest BCUT2D eigenvalue weighted by molar-refractivity contribution is 5.88. The molecule has 0 unspecified atom stereocenters. The summed E-state index contributed by atoms with van der Waals surface area (Å²) in [5, 5.41) is 0. The van der Waals surface area contributed by atoms with E-state index in [4.69, 9.17) is 10.5 Å². The van der Waals surface area contributed by atoms with Crippen molar-refractivity contribution in [3.8, 4) is 5.75 Å². The molecule has 0 heterocycles. The van der Waals surface area contributed by atoms with Crippen molar-refractivity contribution in [3.05, 3.63) is 66.2 Å². The predicted molar refractivity (Wildman–Crippen MR) is 72.0 cm³/mol. The van der Waals surface area contributed by atoms with Crippen LogP contribution in [0.5, 0.6) is 5.75 Å². The van der Waals surface area contributed by atoms with Gasteiger partial charge in [0.1, 0.15) is 5.75 Å². The van der Waals surface area contributed by atoms with Crippen LogP contribution in [-0.2, 0) is 4.79 Å². The molecule has 0 aromatic heterocycles. The Morgan fingerprint density at radius 2 is 1.67 bits per heavy atom. The van der Waals surface area contributed by atoms with Crippen molar-refractivity contribution in [2.24, 2.45) is 0 Å². The van der Waals surface area contributed by atoms with Gasteiger partial charge in [0.25, 0.3) is 0 Å². The summed E-state index contributed by atoms with van der Waals surface area (Å²) in [5.41, 5.74) is 7.16. The average molecular weight is 239 g/mol. The quantitative estimate of drug-likeness (QED) is 0.388. The van der Waals surface area contributed by atoms with Crippen LogP contribution in [0.4, 0.5) is 5.69 Å². The molecule has 18 heavy (non-hydrogen) atoms. The van der Waals surface area contributed by atoms with Gasteiger partial charge in [-0.2, -0.15) is 0 Å². The Kier molecular flexibility index (Phi) is 3.76. The lowest BCUT2D eigenvalue weighted by Gasteiger charge is -1.99. The third-order valence-corrected chi connectivity index (χ3v) is 2.31. The fourth-order valence-electron chi connectivity index (χ4n) is 1.41. The number of hydrogen-bond acceptors (Lipinski definition) is 3. The molecule has 0 aliphatic carbocycles. The minimum Gasteiger partial charge on any atom is -0.423 e. The van der Waals surface area contributed by atoms with Crippen LogP contribution in [0.2, 0.25) is 0 Å². The fraction of sp³-hybridized carbons (Fsp3) is 0. The molecule has 0 radical (unpaired) electrons. The Morgan fingerprint density at radius 3 is 2.33 bits per heavy atom. The molecule has 0 amide bonds. The van der Waals surface area contributed by atoms with Crippen molar-refractivity contribution in [1.29, 1.82) is 0 Å². The molecule has 0 aliphatic heterocycles. The lowest BCUT2D eigenvalue weighted by atomic mass is 10.2. The normalized spacial score (nSPS) is 10.4. The smallest absolute Gasteiger partial charge is 0.336 e. The van der Waals surface area contributed by atoms with E-state index in [-0.39, 0.29) is 0 Å². The zero-order valence-electron chi connectivity index (χ0n) is 9.74. The van der Waals surface area contributed by atoms with E-state index in [1.807, 2.05) is 30.3 Å². The monoisotopic (exact) mass is 239 g/mol. The van der Waals surface area contributed by atoms with Gasteiger partial charge in [0.15, 0.2) is 0 Å². The topological polar surface area (TPSA) is 52.3 Å². The van der Waals surface area contributed by atoms with E-state index in [0.29, 0.717) is 11.4 Å². The molecule has 0 spiro atoms. The number of anilines is 1. The molecule has 3 heteroatoms. The van der Waals surface area contributed by atoms with Gasteiger partial charge < -0.3 is 10.5 Å². The Balaban J connectivity index is 1.97. The van der Waals surface area contributed by atoms with E-state index in [9.17, 15) is 4.79 Å². The Bertz CT molecular complexity index is 544. The summed E-state index contributed by atoms with van der Waals surface area (Å²) in [6.45, 7) is 0. The number of benzene rings is 2. The van der Waals surface area contributed by atoms with Gasteiger partial charge in [0.05, 0.1) is 0 Å². The third kappa shape index (κ3) is 3.49. The van der Waals surface area contributed by atoms with Crippen molar-refractivity contribution in [1.82, 2.24) is 0 Å². The van der Waals surface area contributed by atoms with Crippen molar-refractivity contribution in [3.63, 3.8) is 0 Å². The van der Waals surface area contributed by atoms with Gasteiger partial charge in [-0.1, -0.05) is 30.3 Å². The highest BCUT2D eigenvalue weighted by Crippen LogP contribution is 2.10. The standard InChI is InChI=1S/C15H13NO2/c16-13-9-6-12(7-10-13)8-11-15(17)18-14-4-2-1-3-5-14/h1-11H,16H2/b11-8+. The van der Waals surface area contributed by atoms with Gasteiger partial charge in [-0.15, -0.1) is 0 Å². The van der Waals surface area contributed by atoms with Gasteiger partial charge in [0.2, 0.25) is 0 Å². The maximum absolute atomic E-state index is 11.5. The number of nitrogen functional groups attached to an aromatic ring is 1. The SMILES string of the molecule is Nc1ccc(/C=C/C(=O)Oc2ccccc2)cc1. The van der Waals surface area contributed by atoms with E-state index in [1.165, 1.54) is 6.08 Å². The van der Waals surface area contributed by atoms with Crippen LogP contribution in [0.15, 0.2) is 60.7 Å². The average Bonchev–Trinajstić information content (AvgIpc) is 2.39. The Hall–Kier alpha value is -2.55. The number of carbonyl (C=O) groups excluding carboxylic acids is 1. The molecule has 0 aliphatic rings. The number of rotatable bonds is 3. The van der Waals surface area contributed by atoms with Crippen molar-refractivity contribution < 1.29 is 9.53 Å². The second-order valence-corrected chi connectivity index (χ2v) is 3.73. The number of para-hydroxylation sites is 1. The van der Waals surface area contributed by atoms with Crippen LogP contribution >= 0.6 is 0 Å². The highest BCUT2D eigenvalue weighted by atomic mass is 16.5. The summed E-state index contributed by atoms with van der Waals surface area (Å²) in [5.74, 6) is 0.127. The van der Waals surface area contributed by atoms with Gasteiger partial charge >= 0.3 is 5.97 Å². The van der Waals surface area contributed by atoms with Crippen LogP contribution < -0.4 is 10.5 Å². The number of ether oxygens (including phenoxy) is 1. The van der Waals surface area contributed by atoms with Gasteiger partial charge in [-0.25, -0.2) is 4.79 Å². The minimum absolute atomic E-state index is 0.405. The largest absolute Gasteiger partial charge is 0.423 e. The van der Waals surface area contributed by atoms with Crippen molar-refractivity contribution in [2.45, 2.75) is 0 Å². The molecule has 3 nitrogen and oxygen atoms in total. The number of nitrogens with two attached hydrogens (primary N) is 1. The molecule has 0 atom stereocenters. The second-order valence-electron chi connectivity index (χ2n) is 3.73. The zero-order chi connectivity index (χ0) is 12.8. The first-order valence-electron chi connectivity index (χ1n) is 5.54. The molecular weight excluding hydrogens is 226 g/mol. The van der Waals surface area contributed by atoms with Crippen LogP contribution in [0.1, 0.15) is 5.56 Å². The van der Waals surface area contributed by atoms with Crippen molar-refractivity contribution in [2.75, 3.05) is 5.73 Å². The summed E-state index contributed by atoms with van der Waals surface area (Å²) in [6.07, 6.45) is 3.07. The first kappa shape index (κ1) is 11.9. The Labute approximate surface area is 106 Å². The molecule has 2 rings (SSSR count). The molecule has 0 bridgehead atoms. The first-order chi connectivity index (χ1) is 8.74. The minimum atomic E-state index is -0.405. The van der Waals surface area contributed by atoms with Crippen LogP contribution in [0.3, 0.4) is 0 Å². The number of esters is 1. The number of hydrogen-bond donors (Lipinski definition) is 1. The van der Waals surface area contributed by atoms with E-state index < -0.39 is 5.97 Å². The van der Waals surface area contributed by atoms with E-state index in [0.717, 1.165) is 5.56 Å². The summed E-state index contributed by atoms with van der Waals surface area (Å²) in [7, 11) is 0. The summed E-state index contributed by atoms with van der Waals surface area (Å²) < 4.78 is 5.11. The van der Waals surface area contributed by atoms with Crippen LogP contribution in [-0.4, -0.2) is 5.97 Å². The fourth-order valence-corrected chi connectivity index (χ4v) is 1.41. The lowest BCUT2D eigenvalue weighted by molar-refractivity contribution is -0.128. The predicted octanol–water partition coefficient (Wildman–Crippen LogP) is 2.89. The van der Waals surface area contributed by atoms with Crippen LogP contribution in [0.25, 0.3) is 6.08 Å². The van der Waals surface area contributed by atoms with Crippen LogP contribution in [0, 0.1) is 0 Å². The molecule has 2 aromatic carbocycles. The molecule has 2 aromatic rings. The zero-order valence-corrected chi connectivity index (χ0v) is 9.74. The highest BCUT2D eigenvalue weighted by Gasteiger charge is 1.98. The van der Waals surface area contributed by atoms with E-state index in [2.05, 4.69) is 0 Å². The van der Waals surface area contributed by atoms with Crippen molar-refractivity contribution >= 4 is 17.7 Å². The molecule has 2 N–H and O–H groups in total. The third-order valence-electron chi connectivity index (χ3n) is 2.31. The maximum Gasteiger partial charge on any atom is 0.336 e. The maximum atomic E-state index is 11.5. The van der Waals surface area contributed by atoms with Gasteiger partial charge in [0, 0.05) is 11.8 Å². The molecular formula is C15H13NO2. The molecule has 0 saturated carbocycles. The number of carbonyl (C=O) groups is 1. The summed E-state index contributed by atoms with van der Waals surface area (Å²) in [6, 6.07) is 16.2. The summed E-state index contributed by atoms with van der Waals surface area (Å²) >= 11 is 0. The molecule has 0 fully saturated rings. The summed E-state index contributed by atoms with van der Waals surface area (Å²) in [4.78, 5) is 11.5. The van der Waals surface area contributed by atoms with E-state index in [1.54, 1.807) is 30.3 Å².